The topological polar surface area (TPSA) is 70.6 Å². The molecule has 1 heterocycles. The third kappa shape index (κ3) is 3.87. The molecule has 2 unspecified atom stereocenters. The molecule has 0 aromatic heterocycles. The van der Waals surface area contributed by atoms with Crippen LogP contribution in [0.15, 0.2) is 24.3 Å². The fourth-order valence-electron chi connectivity index (χ4n) is 2.13. The summed E-state index contributed by atoms with van der Waals surface area (Å²) in [5.74, 6) is 0.905. The number of aliphatic hydroxyl groups is 1. The van der Waals surface area contributed by atoms with E-state index in [9.17, 15) is 4.79 Å². The number of anilines is 1. The van der Waals surface area contributed by atoms with Gasteiger partial charge in [-0.05, 0) is 30.9 Å². The van der Waals surface area contributed by atoms with Crippen molar-refractivity contribution in [2.45, 2.75) is 25.9 Å². The summed E-state index contributed by atoms with van der Waals surface area (Å²) >= 11 is 0. The Balaban J connectivity index is 1.74. The van der Waals surface area contributed by atoms with Gasteiger partial charge in [0, 0.05) is 13.2 Å². The summed E-state index contributed by atoms with van der Waals surface area (Å²) < 4.78 is 5.68. The Morgan fingerprint density at radius 3 is 3.15 bits per heavy atom. The molecule has 0 bridgehead atoms. The lowest BCUT2D eigenvalue weighted by Crippen LogP contribution is -2.45. The number of hydrogen-bond acceptors (Lipinski definition) is 4. The lowest BCUT2D eigenvalue weighted by molar-refractivity contribution is -0.127. The smallest absolute Gasteiger partial charge is 0.262 e. The van der Waals surface area contributed by atoms with Crippen molar-refractivity contribution in [2.75, 3.05) is 25.0 Å². The number of nitrogens with one attached hydrogen (secondary N) is 2. The van der Waals surface area contributed by atoms with E-state index in [2.05, 4.69) is 10.6 Å². The van der Waals surface area contributed by atoms with Gasteiger partial charge in [0.05, 0.1) is 12.2 Å². The first kappa shape index (κ1) is 14.7. The maximum Gasteiger partial charge on any atom is 0.262 e. The van der Waals surface area contributed by atoms with Gasteiger partial charge in [-0.1, -0.05) is 19.1 Å². The van der Waals surface area contributed by atoms with Crippen molar-refractivity contribution >= 4 is 11.6 Å². The molecule has 5 heteroatoms. The van der Waals surface area contributed by atoms with Crippen molar-refractivity contribution in [1.82, 2.24) is 5.32 Å². The second kappa shape index (κ2) is 7.14. The molecule has 0 saturated carbocycles. The Labute approximate surface area is 119 Å². The van der Waals surface area contributed by atoms with E-state index in [0.717, 1.165) is 18.5 Å². The molecule has 3 N–H and O–H groups in total. The molecule has 1 amide bonds. The predicted octanol–water partition coefficient (Wildman–Crippen LogP) is 1.38. The van der Waals surface area contributed by atoms with Crippen LogP contribution in [0.2, 0.25) is 0 Å². The first-order valence-electron chi connectivity index (χ1n) is 7.09. The van der Waals surface area contributed by atoms with Gasteiger partial charge in [-0.3, -0.25) is 4.79 Å². The van der Waals surface area contributed by atoms with Gasteiger partial charge in [0.15, 0.2) is 6.10 Å². The molecule has 5 nitrogen and oxygen atoms in total. The fourth-order valence-corrected chi connectivity index (χ4v) is 2.13. The maximum absolute atomic E-state index is 12.0. The van der Waals surface area contributed by atoms with Crippen LogP contribution in [0.1, 0.15) is 19.8 Å². The summed E-state index contributed by atoms with van der Waals surface area (Å²) in [5, 5.41) is 15.0. The quantitative estimate of drug-likeness (QED) is 0.688. The number of benzene rings is 1. The maximum atomic E-state index is 12.0. The Morgan fingerprint density at radius 2 is 2.35 bits per heavy atom. The van der Waals surface area contributed by atoms with Crippen molar-refractivity contribution in [3.8, 4) is 5.75 Å². The number of rotatable bonds is 6. The zero-order valence-electron chi connectivity index (χ0n) is 11.8. The van der Waals surface area contributed by atoms with Gasteiger partial charge in [-0.15, -0.1) is 0 Å². The third-order valence-electron chi connectivity index (χ3n) is 3.41. The van der Waals surface area contributed by atoms with Crippen LogP contribution in [-0.4, -0.2) is 36.8 Å². The molecule has 1 aromatic carbocycles. The van der Waals surface area contributed by atoms with Crippen LogP contribution in [-0.2, 0) is 4.79 Å². The van der Waals surface area contributed by atoms with Gasteiger partial charge in [-0.25, -0.2) is 0 Å². The number of carbonyl (C=O) groups is 1. The highest BCUT2D eigenvalue weighted by atomic mass is 16.5. The first-order valence-corrected chi connectivity index (χ1v) is 7.09. The zero-order valence-corrected chi connectivity index (χ0v) is 11.8. The average Bonchev–Trinajstić information content (AvgIpc) is 2.50. The van der Waals surface area contributed by atoms with E-state index in [0.29, 0.717) is 18.8 Å². The second-order valence-corrected chi connectivity index (χ2v) is 5.20. The molecule has 0 saturated heterocycles. The monoisotopic (exact) mass is 278 g/mol. The molecule has 1 aliphatic heterocycles. The molecule has 20 heavy (non-hydrogen) atoms. The number of amides is 1. The van der Waals surface area contributed by atoms with E-state index >= 15 is 0 Å². The minimum atomic E-state index is -0.486. The Kier molecular flexibility index (Phi) is 5.24. The lowest BCUT2D eigenvalue weighted by atomic mass is 10.1. The van der Waals surface area contributed by atoms with E-state index in [1.807, 2.05) is 31.2 Å². The predicted molar refractivity (Wildman–Crippen MR) is 77.8 cm³/mol. The highest BCUT2D eigenvalue weighted by Crippen LogP contribution is 2.28. The van der Waals surface area contributed by atoms with E-state index < -0.39 is 6.10 Å². The number of carbonyl (C=O) groups excluding carboxylic acids is 1. The number of ether oxygens (including phenoxy) is 1. The van der Waals surface area contributed by atoms with Gasteiger partial charge in [0.2, 0.25) is 0 Å². The van der Waals surface area contributed by atoms with Gasteiger partial charge in [-0.2, -0.15) is 0 Å². The molecular weight excluding hydrogens is 256 g/mol. The lowest BCUT2D eigenvalue weighted by Gasteiger charge is -2.26. The van der Waals surface area contributed by atoms with Crippen molar-refractivity contribution in [1.29, 1.82) is 0 Å². The van der Waals surface area contributed by atoms with Gasteiger partial charge >= 0.3 is 0 Å². The third-order valence-corrected chi connectivity index (χ3v) is 3.41. The van der Waals surface area contributed by atoms with Crippen LogP contribution in [0.4, 0.5) is 5.69 Å². The summed E-state index contributed by atoms with van der Waals surface area (Å²) in [6, 6.07) is 7.60. The summed E-state index contributed by atoms with van der Waals surface area (Å²) in [6.07, 6.45) is 1.29. The van der Waals surface area contributed by atoms with Gasteiger partial charge in [0.25, 0.3) is 5.91 Å². The Morgan fingerprint density at radius 1 is 1.55 bits per heavy atom. The standard InChI is InChI=1S/C15H22N2O3/c1-11(10-18)5-4-8-16-15(19)14-9-17-12-6-2-3-7-13(12)20-14/h2-3,6-7,11,14,17-18H,4-5,8-10H2,1H3,(H,16,19). The molecule has 0 radical (unpaired) electrons. The summed E-state index contributed by atoms with van der Waals surface area (Å²) in [6.45, 7) is 3.29. The zero-order chi connectivity index (χ0) is 14.4. The van der Waals surface area contributed by atoms with Crippen molar-refractivity contribution in [2.24, 2.45) is 5.92 Å². The van der Waals surface area contributed by atoms with Gasteiger partial charge < -0.3 is 20.5 Å². The van der Waals surface area contributed by atoms with E-state index in [4.69, 9.17) is 9.84 Å². The number of aliphatic hydroxyl groups excluding tert-OH is 1. The van der Waals surface area contributed by atoms with Gasteiger partial charge in [0.1, 0.15) is 5.75 Å². The minimum absolute atomic E-state index is 0.0938. The van der Waals surface area contributed by atoms with Crippen molar-refractivity contribution in [3.05, 3.63) is 24.3 Å². The van der Waals surface area contributed by atoms with E-state index in [1.165, 1.54) is 0 Å². The molecular formula is C15H22N2O3. The molecule has 0 spiro atoms. The molecule has 110 valence electrons. The van der Waals surface area contributed by atoms with Crippen LogP contribution in [0, 0.1) is 5.92 Å². The Bertz CT molecular complexity index is 450. The SMILES string of the molecule is CC(CO)CCCNC(=O)C1CNc2ccccc2O1. The van der Waals surface area contributed by atoms with E-state index in [1.54, 1.807) is 0 Å². The normalized spacial score (nSPS) is 18.4. The van der Waals surface area contributed by atoms with Crippen molar-refractivity contribution in [3.63, 3.8) is 0 Å². The molecule has 2 atom stereocenters. The first-order chi connectivity index (χ1) is 9.70. The molecule has 0 aliphatic carbocycles. The summed E-state index contributed by atoms with van der Waals surface area (Å²) in [5.41, 5.74) is 0.924. The molecule has 1 aliphatic rings. The molecule has 2 rings (SSSR count). The summed E-state index contributed by atoms with van der Waals surface area (Å²) in [7, 11) is 0. The Hall–Kier alpha value is -1.75. The van der Waals surface area contributed by atoms with Crippen LogP contribution in [0.5, 0.6) is 5.75 Å². The minimum Gasteiger partial charge on any atom is -0.477 e. The largest absolute Gasteiger partial charge is 0.477 e. The average molecular weight is 278 g/mol. The molecule has 1 aromatic rings. The number of para-hydroxylation sites is 2. The van der Waals surface area contributed by atoms with Crippen LogP contribution in [0.3, 0.4) is 0 Å². The van der Waals surface area contributed by atoms with Crippen LogP contribution >= 0.6 is 0 Å². The fraction of sp³-hybridized carbons (Fsp3) is 0.533. The number of fused-ring (bicyclic) bond motifs is 1. The van der Waals surface area contributed by atoms with Crippen molar-refractivity contribution < 1.29 is 14.6 Å². The van der Waals surface area contributed by atoms with Crippen LogP contribution in [0.25, 0.3) is 0 Å². The second-order valence-electron chi connectivity index (χ2n) is 5.20. The van der Waals surface area contributed by atoms with E-state index in [-0.39, 0.29) is 18.4 Å². The van der Waals surface area contributed by atoms with Crippen LogP contribution < -0.4 is 15.4 Å². The highest BCUT2D eigenvalue weighted by Gasteiger charge is 2.25. The summed E-state index contributed by atoms with van der Waals surface area (Å²) in [4.78, 5) is 12.0. The molecule has 0 fully saturated rings. The highest BCUT2D eigenvalue weighted by molar-refractivity contribution is 5.83. The number of hydrogen-bond donors (Lipinski definition) is 3.